The zero-order valence-corrected chi connectivity index (χ0v) is 20.2. The summed E-state index contributed by atoms with van der Waals surface area (Å²) in [6.45, 7) is 0.793. The van der Waals surface area contributed by atoms with Gasteiger partial charge in [-0.25, -0.2) is 5.43 Å². The number of benzene rings is 3. The Labute approximate surface area is 206 Å². The molecule has 0 unspecified atom stereocenters. The quantitative estimate of drug-likeness (QED) is 0.348. The van der Waals surface area contributed by atoms with Crippen molar-refractivity contribution in [1.29, 1.82) is 0 Å². The van der Waals surface area contributed by atoms with E-state index in [1.165, 1.54) is 0 Å². The van der Waals surface area contributed by atoms with E-state index < -0.39 is 5.92 Å². The van der Waals surface area contributed by atoms with Crippen LogP contribution >= 0.6 is 15.9 Å². The van der Waals surface area contributed by atoms with Crippen LogP contribution in [-0.2, 0) is 16.2 Å². The molecule has 7 nitrogen and oxygen atoms in total. The number of amides is 2. The van der Waals surface area contributed by atoms with Gasteiger partial charge in [0, 0.05) is 23.1 Å². The number of ether oxygens (including phenoxy) is 2. The second-order valence-corrected chi connectivity index (χ2v) is 8.74. The summed E-state index contributed by atoms with van der Waals surface area (Å²) in [6, 6.07) is 22.6. The van der Waals surface area contributed by atoms with E-state index in [0.29, 0.717) is 18.9 Å². The average Bonchev–Trinajstić information content (AvgIpc) is 3.26. The van der Waals surface area contributed by atoms with E-state index in [2.05, 4.69) is 26.5 Å². The fourth-order valence-electron chi connectivity index (χ4n) is 3.55. The summed E-state index contributed by atoms with van der Waals surface area (Å²) in [5.41, 5.74) is 5.18. The number of methoxy groups -OCH3 is 1. The minimum Gasteiger partial charge on any atom is -0.497 e. The highest BCUT2D eigenvalue weighted by molar-refractivity contribution is 9.10. The zero-order chi connectivity index (χ0) is 23.9. The topological polar surface area (TPSA) is 80.2 Å². The Balaban J connectivity index is 1.26. The molecule has 4 rings (SSSR count). The first-order valence-corrected chi connectivity index (χ1v) is 11.6. The molecule has 1 N–H and O–H groups in total. The average molecular weight is 522 g/mol. The summed E-state index contributed by atoms with van der Waals surface area (Å²) in [5.74, 6) is 0.625. The predicted molar refractivity (Wildman–Crippen MR) is 134 cm³/mol. The molecule has 34 heavy (non-hydrogen) atoms. The maximum atomic E-state index is 12.5. The SMILES string of the molecule is COc1ccc(N2C[C@@H](C(=O)N/N=C/c3ccc(OCc4ccc(Br)cc4)cc3)CC2=O)cc1. The number of hydrazone groups is 1. The maximum absolute atomic E-state index is 12.5. The molecule has 3 aromatic rings. The van der Waals surface area contributed by atoms with Crippen LogP contribution in [0, 0.1) is 5.92 Å². The number of anilines is 1. The molecule has 8 heteroatoms. The van der Waals surface area contributed by atoms with Crippen LogP contribution in [0.4, 0.5) is 5.69 Å². The minimum atomic E-state index is -0.457. The highest BCUT2D eigenvalue weighted by Gasteiger charge is 2.35. The molecule has 1 aliphatic rings. The minimum absolute atomic E-state index is 0.0898. The first-order chi connectivity index (χ1) is 16.5. The Hall–Kier alpha value is -3.65. The Morgan fingerprint density at radius 3 is 2.41 bits per heavy atom. The van der Waals surface area contributed by atoms with E-state index in [-0.39, 0.29) is 18.2 Å². The summed E-state index contributed by atoms with van der Waals surface area (Å²) in [6.07, 6.45) is 1.71. The Morgan fingerprint density at radius 1 is 1.06 bits per heavy atom. The number of carbonyl (C=O) groups excluding carboxylic acids is 2. The predicted octanol–water partition coefficient (Wildman–Crippen LogP) is 4.54. The summed E-state index contributed by atoms with van der Waals surface area (Å²) >= 11 is 3.42. The smallest absolute Gasteiger partial charge is 0.245 e. The van der Waals surface area contributed by atoms with Crippen LogP contribution in [0.1, 0.15) is 17.5 Å². The van der Waals surface area contributed by atoms with Crippen molar-refractivity contribution >= 4 is 39.6 Å². The van der Waals surface area contributed by atoms with Gasteiger partial charge in [-0.1, -0.05) is 28.1 Å². The van der Waals surface area contributed by atoms with Gasteiger partial charge in [-0.3, -0.25) is 9.59 Å². The number of halogens is 1. The largest absolute Gasteiger partial charge is 0.497 e. The molecule has 2 amide bonds. The second-order valence-electron chi connectivity index (χ2n) is 7.82. The standard InChI is InChI=1S/C26H24BrN3O4/c1-33-23-12-8-22(9-13-23)30-16-20(14-25(30)31)26(32)29-28-15-18-4-10-24(11-5-18)34-17-19-2-6-21(27)7-3-19/h2-13,15,20H,14,16-17H2,1H3,(H,29,32)/b28-15+/t20-/m0/s1. The van der Waals surface area contributed by atoms with Gasteiger partial charge in [0.2, 0.25) is 11.8 Å². The van der Waals surface area contributed by atoms with Gasteiger partial charge in [-0.15, -0.1) is 0 Å². The van der Waals surface area contributed by atoms with Gasteiger partial charge < -0.3 is 14.4 Å². The summed E-state index contributed by atoms with van der Waals surface area (Å²) < 4.78 is 12.0. The number of hydrogen-bond acceptors (Lipinski definition) is 5. The Morgan fingerprint density at radius 2 is 1.74 bits per heavy atom. The first kappa shape index (κ1) is 23.5. The van der Waals surface area contributed by atoms with Gasteiger partial charge in [-0.2, -0.15) is 5.10 Å². The van der Waals surface area contributed by atoms with Gasteiger partial charge in [0.1, 0.15) is 18.1 Å². The molecule has 1 atom stereocenters. The van der Waals surface area contributed by atoms with E-state index in [4.69, 9.17) is 9.47 Å². The van der Waals surface area contributed by atoms with Crippen molar-refractivity contribution in [3.05, 3.63) is 88.4 Å². The van der Waals surface area contributed by atoms with E-state index in [9.17, 15) is 9.59 Å². The van der Waals surface area contributed by atoms with Crippen LogP contribution in [0.5, 0.6) is 11.5 Å². The van der Waals surface area contributed by atoms with Crippen LogP contribution < -0.4 is 19.8 Å². The fraction of sp³-hybridized carbons (Fsp3) is 0.192. The Kier molecular flexibility index (Phi) is 7.59. The summed E-state index contributed by atoms with van der Waals surface area (Å²) in [4.78, 5) is 26.5. The van der Waals surface area contributed by atoms with Crippen molar-refractivity contribution in [2.75, 3.05) is 18.6 Å². The van der Waals surface area contributed by atoms with Crippen molar-refractivity contribution in [3.63, 3.8) is 0 Å². The molecule has 3 aromatic carbocycles. The van der Waals surface area contributed by atoms with E-state index in [1.54, 1.807) is 42.5 Å². The zero-order valence-electron chi connectivity index (χ0n) is 18.6. The highest BCUT2D eigenvalue weighted by atomic mass is 79.9. The molecule has 0 spiro atoms. The number of nitrogens with zero attached hydrogens (tertiary/aromatic N) is 2. The lowest BCUT2D eigenvalue weighted by Crippen LogP contribution is -2.30. The number of nitrogens with one attached hydrogen (secondary N) is 1. The third-order valence-corrected chi connectivity index (χ3v) is 6.00. The van der Waals surface area contributed by atoms with Gasteiger partial charge in [0.25, 0.3) is 0 Å². The van der Waals surface area contributed by atoms with Crippen molar-refractivity contribution in [2.45, 2.75) is 13.0 Å². The maximum Gasteiger partial charge on any atom is 0.245 e. The van der Waals surface area contributed by atoms with Gasteiger partial charge >= 0.3 is 0 Å². The van der Waals surface area contributed by atoms with Crippen LogP contribution in [0.25, 0.3) is 0 Å². The molecular weight excluding hydrogens is 498 g/mol. The first-order valence-electron chi connectivity index (χ1n) is 10.8. The summed E-state index contributed by atoms with van der Waals surface area (Å²) in [5, 5.41) is 4.05. The van der Waals surface area contributed by atoms with Crippen molar-refractivity contribution < 1.29 is 19.1 Å². The van der Waals surface area contributed by atoms with Crippen molar-refractivity contribution in [3.8, 4) is 11.5 Å². The molecule has 174 valence electrons. The molecule has 0 saturated carbocycles. The lowest BCUT2D eigenvalue weighted by Gasteiger charge is -2.16. The normalized spacial score (nSPS) is 15.5. The third kappa shape index (κ3) is 6.02. The lowest BCUT2D eigenvalue weighted by atomic mass is 10.1. The van der Waals surface area contributed by atoms with Crippen LogP contribution in [0.2, 0.25) is 0 Å². The molecule has 1 fully saturated rings. The molecular formula is C26H24BrN3O4. The van der Waals surface area contributed by atoms with Gasteiger partial charge in [0.15, 0.2) is 0 Å². The molecule has 1 saturated heterocycles. The number of hydrogen-bond donors (Lipinski definition) is 1. The van der Waals surface area contributed by atoms with E-state index in [0.717, 1.165) is 27.0 Å². The van der Waals surface area contributed by atoms with E-state index >= 15 is 0 Å². The van der Waals surface area contributed by atoms with Gasteiger partial charge in [0.05, 0.1) is 19.2 Å². The Bertz CT molecular complexity index is 1160. The molecule has 0 bridgehead atoms. The molecule has 0 aromatic heterocycles. The second kappa shape index (κ2) is 11.0. The number of rotatable bonds is 8. The monoisotopic (exact) mass is 521 g/mol. The van der Waals surface area contributed by atoms with Crippen LogP contribution in [0.3, 0.4) is 0 Å². The third-order valence-electron chi connectivity index (χ3n) is 5.47. The molecule has 1 heterocycles. The lowest BCUT2D eigenvalue weighted by molar-refractivity contribution is -0.126. The molecule has 0 radical (unpaired) electrons. The highest BCUT2D eigenvalue weighted by Crippen LogP contribution is 2.27. The molecule has 1 aliphatic heterocycles. The van der Waals surface area contributed by atoms with Gasteiger partial charge in [-0.05, 0) is 71.8 Å². The van der Waals surface area contributed by atoms with Crippen molar-refractivity contribution in [1.82, 2.24) is 5.43 Å². The van der Waals surface area contributed by atoms with E-state index in [1.807, 2.05) is 48.5 Å². The summed E-state index contributed by atoms with van der Waals surface area (Å²) in [7, 11) is 1.59. The van der Waals surface area contributed by atoms with Crippen LogP contribution in [-0.4, -0.2) is 31.7 Å². The molecule has 0 aliphatic carbocycles. The van der Waals surface area contributed by atoms with Crippen LogP contribution in [0.15, 0.2) is 82.4 Å². The van der Waals surface area contributed by atoms with Crippen molar-refractivity contribution in [2.24, 2.45) is 11.0 Å². The number of carbonyl (C=O) groups is 2. The fourth-order valence-corrected chi connectivity index (χ4v) is 3.82.